The van der Waals surface area contributed by atoms with Crippen LogP contribution in [-0.4, -0.2) is 13.7 Å². The van der Waals surface area contributed by atoms with Crippen molar-refractivity contribution in [2.24, 2.45) is 5.11 Å². The summed E-state index contributed by atoms with van der Waals surface area (Å²) < 4.78 is 5.36. The molecule has 0 saturated carbocycles. The van der Waals surface area contributed by atoms with Gasteiger partial charge in [0, 0.05) is 16.8 Å². The van der Waals surface area contributed by atoms with Gasteiger partial charge < -0.3 is 4.74 Å². The van der Waals surface area contributed by atoms with Gasteiger partial charge in [0.15, 0.2) is 0 Å². The van der Waals surface area contributed by atoms with E-state index < -0.39 is 0 Å². The highest BCUT2D eigenvalue weighted by Gasteiger charge is 2.03. The van der Waals surface area contributed by atoms with E-state index in [1.807, 2.05) is 36.4 Å². The Balaban J connectivity index is 2.31. The Hall–Kier alpha value is -2.45. The van der Waals surface area contributed by atoms with E-state index in [0.717, 1.165) is 28.5 Å². The van der Waals surface area contributed by atoms with E-state index >= 15 is 0 Å². The van der Waals surface area contributed by atoms with Gasteiger partial charge in [-0.05, 0) is 29.0 Å². The highest BCUT2D eigenvalue weighted by atomic mass is 16.5. The fourth-order valence-electron chi connectivity index (χ4n) is 2.01. The third-order valence-electron chi connectivity index (χ3n) is 2.89. The maximum absolute atomic E-state index is 8.20. The van der Waals surface area contributed by atoms with Crippen LogP contribution in [0, 0.1) is 0 Å². The molecule has 0 bridgehead atoms. The zero-order valence-electron chi connectivity index (χ0n) is 10.8. The average molecular weight is 253 g/mol. The SMILES string of the molecule is COc1ccc(C=CCCN=[N+]=[N-])c2ccccc12. The van der Waals surface area contributed by atoms with Gasteiger partial charge in [0.2, 0.25) is 0 Å². The van der Waals surface area contributed by atoms with Crippen LogP contribution in [0.2, 0.25) is 0 Å². The Morgan fingerprint density at radius 3 is 2.74 bits per heavy atom. The molecule has 4 nitrogen and oxygen atoms in total. The average Bonchev–Trinajstić information content (AvgIpc) is 2.47. The van der Waals surface area contributed by atoms with Crippen molar-refractivity contribution in [3.63, 3.8) is 0 Å². The lowest BCUT2D eigenvalue weighted by molar-refractivity contribution is 0.420. The Kier molecular flexibility index (Phi) is 4.43. The summed E-state index contributed by atoms with van der Waals surface area (Å²) in [4.78, 5) is 2.73. The second-order valence-corrected chi connectivity index (χ2v) is 4.05. The van der Waals surface area contributed by atoms with Gasteiger partial charge in [0.1, 0.15) is 5.75 Å². The minimum atomic E-state index is 0.487. The highest BCUT2D eigenvalue weighted by Crippen LogP contribution is 2.28. The molecule has 0 saturated heterocycles. The van der Waals surface area contributed by atoms with Crippen molar-refractivity contribution in [2.45, 2.75) is 6.42 Å². The molecule has 2 rings (SSSR count). The first-order chi connectivity index (χ1) is 9.36. The van der Waals surface area contributed by atoms with E-state index in [9.17, 15) is 0 Å². The number of nitrogens with zero attached hydrogens (tertiary/aromatic N) is 3. The molecular weight excluding hydrogens is 238 g/mol. The topological polar surface area (TPSA) is 58.0 Å². The van der Waals surface area contributed by atoms with E-state index in [0.29, 0.717) is 6.54 Å². The first-order valence-corrected chi connectivity index (χ1v) is 6.10. The fourth-order valence-corrected chi connectivity index (χ4v) is 2.01. The van der Waals surface area contributed by atoms with Gasteiger partial charge in [0.05, 0.1) is 7.11 Å². The number of rotatable bonds is 5. The Morgan fingerprint density at radius 1 is 1.21 bits per heavy atom. The van der Waals surface area contributed by atoms with Crippen LogP contribution in [-0.2, 0) is 0 Å². The zero-order chi connectivity index (χ0) is 13.5. The molecule has 4 heteroatoms. The van der Waals surface area contributed by atoms with Gasteiger partial charge in [-0.2, -0.15) is 0 Å². The summed E-state index contributed by atoms with van der Waals surface area (Å²) in [6, 6.07) is 12.1. The summed E-state index contributed by atoms with van der Waals surface area (Å²) >= 11 is 0. The van der Waals surface area contributed by atoms with Gasteiger partial charge >= 0.3 is 0 Å². The second-order valence-electron chi connectivity index (χ2n) is 4.05. The van der Waals surface area contributed by atoms with E-state index in [1.165, 1.54) is 0 Å². The second kappa shape index (κ2) is 6.47. The summed E-state index contributed by atoms with van der Waals surface area (Å²) in [7, 11) is 1.68. The molecule has 0 aromatic heterocycles. The molecule has 0 aliphatic rings. The monoisotopic (exact) mass is 253 g/mol. The summed E-state index contributed by atoms with van der Waals surface area (Å²) in [5.74, 6) is 0.877. The molecule has 0 fully saturated rings. The standard InChI is InChI=1S/C15H15N3O/c1-19-15-10-9-12(6-4-5-11-17-18-16)13-7-2-3-8-14(13)15/h2-4,6-10H,5,11H2,1H3. The first kappa shape index (κ1) is 13.0. The lowest BCUT2D eigenvalue weighted by atomic mass is 10.0. The normalized spacial score (nSPS) is 10.6. The van der Waals surface area contributed by atoms with Crippen molar-refractivity contribution in [2.75, 3.05) is 13.7 Å². The maximum Gasteiger partial charge on any atom is 0.126 e. The number of fused-ring (bicyclic) bond motifs is 1. The molecule has 0 spiro atoms. The molecule has 0 unspecified atom stereocenters. The third kappa shape index (κ3) is 3.06. The molecule has 0 atom stereocenters. The van der Waals surface area contributed by atoms with Gasteiger partial charge in [-0.15, -0.1) is 0 Å². The molecular formula is C15H15N3O. The fraction of sp³-hybridized carbons (Fsp3) is 0.200. The molecule has 19 heavy (non-hydrogen) atoms. The number of hydrogen-bond acceptors (Lipinski definition) is 2. The van der Waals surface area contributed by atoms with Crippen LogP contribution in [0.5, 0.6) is 5.75 Å². The van der Waals surface area contributed by atoms with Crippen molar-refractivity contribution in [1.82, 2.24) is 0 Å². The smallest absolute Gasteiger partial charge is 0.126 e. The van der Waals surface area contributed by atoms with Crippen LogP contribution in [0.3, 0.4) is 0 Å². The van der Waals surface area contributed by atoms with Crippen LogP contribution in [0.4, 0.5) is 0 Å². The van der Waals surface area contributed by atoms with Crippen molar-refractivity contribution < 1.29 is 4.74 Å². The van der Waals surface area contributed by atoms with Crippen LogP contribution in [0.25, 0.3) is 27.3 Å². The van der Waals surface area contributed by atoms with Crippen molar-refractivity contribution in [3.05, 3.63) is 58.5 Å². The van der Waals surface area contributed by atoms with Gasteiger partial charge in [0.25, 0.3) is 0 Å². The molecule has 0 N–H and O–H groups in total. The van der Waals surface area contributed by atoms with E-state index in [2.05, 4.69) is 22.2 Å². The summed E-state index contributed by atoms with van der Waals surface area (Å²) in [5, 5.41) is 5.76. The molecule has 0 radical (unpaired) electrons. The molecule has 0 amide bonds. The number of hydrogen-bond donors (Lipinski definition) is 0. The molecule has 2 aromatic rings. The molecule has 2 aromatic carbocycles. The quantitative estimate of drug-likeness (QED) is 0.333. The van der Waals surface area contributed by atoms with E-state index in [4.69, 9.17) is 10.3 Å². The van der Waals surface area contributed by atoms with Crippen molar-refractivity contribution >= 4 is 16.8 Å². The van der Waals surface area contributed by atoms with E-state index in [-0.39, 0.29) is 0 Å². The summed E-state index contributed by atoms with van der Waals surface area (Å²) in [6.45, 7) is 0.487. The van der Waals surface area contributed by atoms with Crippen molar-refractivity contribution in [1.29, 1.82) is 0 Å². The Morgan fingerprint density at radius 2 is 2.00 bits per heavy atom. The molecule has 0 heterocycles. The Bertz CT molecular complexity index is 643. The predicted molar refractivity (Wildman–Crippen MR) is 78.2 cm³/mol. The van der Waals surface area contributed by atoms with Gasteiger partial charge in [-0.1, -0.05) is 47.6 Å². The number of methoxy groups -OCH3 is 1. The minimum absolute atomic E-state index is 0.487. The molecule has 96 valence electrons. The van der Waals surface area contributed by atoms with Crippen LogP contribution in [0.15, 0.2) is 47.6 Å². The summed E-state index contributed by atoms with van der Waals surface area (Å²) in [6.07, 6.45) is 4.81. The van der Waals surface area contributed by atoms with Gasteiger partial charge in [-0.25, -0.2) is 0 Å². The predicted octanol–water partition coefficient (Wildman–Crippen LogP) is 4.56. The van der Waals surface area contributed by atoms with Crippen molar-refractivity contribution in [3.8, 4) is 5.75 Å². The lowest BCUT2D eigenvalue weighted by Gasteiger charge is -2.07. The number of azide groups is 1. The third-order valence-corrected chi connectivity index (χ3v) is 2.89. The molecule has 0 aliphatic carbocycles. The van der Waals surface area contributed by atoms with Gasteiger partial charge in [-0.3, -0.25) is 0 Å². The van der Waals surface area contributed by atoms with E-state index in [1.54, 1.807) is 7.11 Å². The molecule has 0 aliphatic heterocycles. The minimum Gasteiger partial charge on any atom is -0.496 e. The zero-order valence-corrected chi connectivity index (χ0v) is 10.8. The lowest BCUT2D eigenvalue weighted by Crippen LogP contribution is -1.86. The van der Waals surface area contributed by atoms with Crippen LogP contribution < -0.4 is 4.74 Å². The number of ether oxygens (including phenoxy) is 1. The van der Waals surface area contributed by atoms with Crippen LogP contribution in [0.1, 0.15) is 12.0 Å². The Labute approximate surface area is 111 Å². The summed E-state index contributed by atoms with van der Waals surface area (Å²) in [5.41, 5.74) is 9.34. The number of benzene rings is 2. The highest BCUT2D eigenvalue weighted by molar-refractivity contribution is 5.94. The largest absolute Gasteiger partial charge is 0.496 e. The van der Waals surface area contributed by atoms with Crippen LogP contribution >= 0.6 is 0 Å². The first-order valence-electron chi connectivity index (χ1n) is 6.10. The maximum atomic E-state index is 8.20.